The molecule has 1 unspecified atom stereocenters. The van der Waals surface area contributed by atoms with Gasteiger partial charge in [0.15, 0.2) is 0 Å². The van der Waals surface area contributed by atoms with Crippen LogP contribution in [0.15, 0.2) is 41.7 Å². The number of para-hydroxylation sites is 1. The van der Waals surface area contributed by atoms with Gasteiger partial charge >= 0.3 is 12.1 Å². The number of esters is 1. The van der Waals surface area contributed by atoms with Crippen LogP contribution in [0.4, 0.5) is 4.79 Å². The molecular weight excluding hydrogens is 346 g/mol. The summed E-state index contributed by atoms with van der Waals surface area (Å²) in [5.41, 5.74) is -0.540. The zero-order valence-electron chi connectivity index (χ0n) is 16.3. The van der Waals surface area contributed by atoms with Crippen LogP contribution in [0.3, 0.4) is 0 Å². The minimum absolute atomic E-state index is 0.0000103. The number of amides is 1. The van der Waals surface area contributed by atoms with Gasteiger partial charge in [-0.3, -0.25) is 0 Å². The van der Waals surface area contributed by atoms with Crippen molar-refractivity contribution in [3.05, 3.63) is 41.7 Å². The quantitative estimate of drug-likeness (QED) is 0.646. The number of cyclic esters (lactones) is 1. The van der Waals surface area contributed by atoms with Crippen molar-refractivity contribution in [2.45, 2.75) is 70.9 Å². The van der Waals surface area contributed by atoms with Crippen LogP contribution >= 0.6 is 0 Å². The van der Waals surface area contributed by atoms with E-state index in [-0.39, 0.29) is 17.8 Å². The van der Waals surface area contributed by atoms with E-state index in [1.54, 1.807) is 24.3 Å². The average Bonchev–Trinajstić information content (AvgIpc) is 2.61. The number of hydrogen-bond acceptors (Lipinski definition) is 5. The summed E-state index contributed by atoms with van der Waals surface area (Å²) in [5.74, 6) is -0.160. The third-order valence-electron chi connectivity index (χ3n) is 4.74. The lowest BCUT2D eigenvalue weighted by Crippen LogP contribution is -2.46. The van der Waals surface area contributed by atoms with Crippen LogP contribution in [0.5, 0.6) is 5.75 Å². The van der Waals surface area contributed by atoms with Gasteiger partial charge in [0, 0.05) is 6.42 Å². The van der Waals surface area contributed by atoms with Crippen LogP contribution in [0.2, 0.25) is 0 Å². The highest BCUT2D eigenvalue weighted by Gasteiger charge is 2.42. The molecular formula is C21H29NO5. The monoisotopic (exact) mass is 375 g/mol. The molecule has 148 valence electrons. The SMILES string of the molecule is CCCC1(CCC)CC(O)=C(C(CC)NC(=O)Oc2ccccc2)C(=O)O1. The second kappa shape index (κ2) is 9.44. The fraction of sp³-hybridized carbons (Fsp3) is 0.524. The van der Waals surface area contributed by atoms with Crippen LogP contribution in [-0.4, -0.2) is 28.8 Å². The Hall–Kier alpha value is -2.50. The van der Waals surface area contributed by atoms with E-state index in [9.17, 15) is 14.7 Å². The zero-order chi connectivity index (χ0) is 19.9. The Morgan fingerprint density at radius 2 is 1.85 bits per heavy atom. The predicted molar refractivity (Wildman–Crippen MR) is 103 cm³/mol. The highest BCUT2D eigenvalue weighted by Crippen LogP contribution is 2.37. The molecule has 27 heavy (non-hydrogen) atoms. The Bertz CT molecular complexity index is 677. The molecule has 1 aliphatic heterocycles. The second-order valence-corrected chi connectivity index (χ2v) is 6.92. The van der Waals surface area contributed by atoms with Crippen LogP contribution in [0, 0.1) is 0 Å². The smallest absolute Gasteiger partial charge is 0.413 e. The van der Waals surface area contributed by atoms with Gasteiger partial charge in [0.25, 0.3) is 0 Å². The molecule has 0 spiro atoms. The van der Waals surface area contributed by atoms with Crippen molar-refractivity contribution in [1.29, 1.82) is 0 Å². The molecule has 6 heteroatoms. The molecule has 1 aromatic rings. The molecule has 0 aliphatic carbocycles. The van der Waals surface area contributed by atoms with Crippen LogP contribution in [0.25, 0.3) is 0 Å². The van der Waals surface area contributed by atoms with Gasteiger partial charge in [-0.15, -0.1) is 0 Å². The van der Waals surface area contributed by atoms with Gasteiger partial charge in [-0.05, 0) is 31.4 Å². The number of benzene rings is 1. The predicted octanol–water partition coefficient (Wildman–Crippen LogP) is 4.65. The van der Waals surface area contributed by atoms with E-state index >= 15 is 0 Å². The van der Waals surface area contributed by atoms with E-state index in [1.807, 2.05) is 26.8 Å². The lowest BCUT2D eigenvalue weighted by molar-refractivity contribution is -0.161. The van der Waals surface area contributed by atoms with Crippen molar-refractivity contribution in [3.8, 4) is 5.75 Å². The number of carbonyl (C=O) groups excluding carboxylic acids is 2. The molecule has 1 aromatic carbocycles. The second-order valence-electron chi connectivity index (χ2n) is 6.92. The number of nitrogens with one attached hydrogen (secondary N) is 1. The largest absolute Gasteiger partial charge is 0.512 e. The normalized spacial score (nSPS) is 17.2. The van der Waals surface area contributed by atoms with E-state index in [0.29, 0.717) is 25.0 Å². The average molecular weight is 375 g/mol. The fourth-order valence-electron chi connectivity index (χ4n) is 3.61. The Morgan fingerprint density at radius 3 is 2.37 bits per heavy atom. The Morgan fingerprint density at radius 1 is 1.22 bits per heavy atom. The summed E-state index contributed by atoms with van der Waals surface area (Å²) in [4.78, 5) is 24.9. The van der Waals surface area contributed by atoms with E-state index in [1.165, 1.54) is 0 Å². The number of aliphatic hydroxyl groups is 1. The summed E-state index contributed by atoms with van der Waals surface area (Å²) < 4.78 is 11.0. The van der Waals surface area contributed by atoms with Crippen LogP contribution < -0.4 is 10.1 Å². The molecule has 6 nitrogen and oxygen atoms in total. The molecule has 0 fully saturated rings. The first-order valence-corrected chi connectivity index (χ1v) is 9.63. The summed E-state index contributed by atoms with van der Waals surface area (Å²) in [6, 6.07) is 7.99. The summed E-state index contributed by atoms with van der Waals surface area (Å²) >= 11 is 0. The zero-order valence-corrected chi connectivity index (χ0v) is 16.3. The minimum atomic E-state index is -0.680. The molecule has 1 atom stereocenters. The first kappa shape index (κ1) is 20.8. The molecule has 1 amide bonds. The number of rotatable bonds is 8. The first-order chi connectivity index (χ1) is 12.9. The third-order valence-corrected chi connectivity index (χ3v) is 4.74. The molecule has 0 radical (unpaired) electrons. The summed E-state index contributed by atoms with van der Waals surface area (Å²) in [7, 11) is 0. The Balaban J connectivity index is 2.15. The minimum Gasteiger partial charge on any atom is -0.512 e. The van der Waals surface area contributed by atoms with Gasteiger partial charge in [0.1, 0.15) is 17.1 Å². The van der Waals surface area contributed by atoms with Crippen molar-refractivity contribution in [1.82, 2.24) is 5.32 Å². The van der Waals surface area contributed by atoms with Gasteiger partial charge in [-0.2, -0.15) is 0 Å². The van der Waals surface area contributed by atoms with Crippen molar-refractivity contribution in [3.63, 3.8) is 0 Å². The van der Waals surface area contributed by atoms with Gasteiger partial charge in [-0.25, -0.2) is 9.59 Å². The fourth-order valence-corrected chi connectivity index (χ4v) is 3.61. The first-order valence-electron chi connectivity index (χ1n) is 9.63. The maximum Gasteiger partial charge on any atom is 0.413 e. The number of carbonyl (C=O) groups is 2. The topological polar surface area (TPSA) is 84.9 Å². The molecule has 2 rings (SSSR count). The van der Waals surface area contributed by atoms with Gasteiger partial charge in [0.2, 0.25) is 0 Å². The molecule has 0 saturated carbocycles. The molecule has 2 N–H and O–H groups in total. The molecule has 0 aromatic heterocycles. The number of hydrogen-bond donors (Lipinski definition) is 2. The molecule has 1 aliphatic rings. The Labute approximate surface area is 160 Å². The Kier molecular flexibility index (Phi) is 7.28. The summed E-state index contributed by atoms with van der Waals surface area (Å²) in [5, 5.41) is 13.3. The highest BCUT2D eigenvalue weighted by molar-refractivity contribution is 5.92. The van der Waals surface area contributed by atoms with Crippen molar-refractivity contribution in [2.24, 2.45) is 0 Å². The lowest BCUT2D eigenvalue weighted by atomic mass is 9.84. The van der Waals surface area contributed by atoms with E-state index < -0.39 is 23.7 Å². The molecule has 1 heterocycles. The van der Waals surface area contributed by atoms with E-state index in [4.69, 9.17) is 9.47 Å². The molecule has 0 bridgehead atoms. The standard InChI is InChI=1S/C21H29NO5/c1-4-12-21(13-5-2)14-17(23)18(19(24)27-21)16(6-3)22-20(25)26-15-10-8-7-9-11-15/h7-11,16,23H,4-6,12-14H2,1-3H3,(H,22,25). The van der Waals surface area contributed by atoms with Crippen molar-refractivity contribution < 1.29 is 24.2 Å². The third kappa shape index (κ3) is 5.25. The highest BCUT2D eigenvalue weighted by atomic mass is 16.6. The van der Waals surface area contributed by atoms with Gasteiger partial charge in [0.05, 0.1) is 11.6 Å². The number of ether oxygens (including phenoxy) is 2. The van der Waals surface area contributed by atoms with E-state index in [2.05, 4.69) is 5.32 Å². The van der Waals surface area contributed by atoms with Crippen LogP contribution in [-0.2, 0) is 9.53 Å². The molecule has 0 saturated heterocycles. The van der Waals surface area contributed by atoms with Crippen LogP contribution in [0.1, 0.15) is 59.3 Å². The number of aliphatic hydroxyl groups excluding tert-OH is 1. The summed E-state index contributed by atoms with van der Waals surface area (Å²) in [6.45, 7) is 5.87. The van der Waals surface area contributed by atoms with Crippen molar-refractivity contribution in [2.75, 3.05) is 0 Å². The lowest BCUT2D eigenvalue weighted by Gasteiger charge is -2.38. The van der Waals surface area contributed by atoms with Gasteiger partial charge < -0.3 is 19.9 Å². The van der Waals surface area contributed by atoms with E-state index in [0.717, 1.165) is 12.8 Å². The van der Waals surface area contributed by atoms with Crippen molar-refractivity contribution >= 4 is 12.1 Å². The maximum atomic E-state index is 12.7. The summed E-state index contributed by atoms with van der Waals surface area (Å²) in [6.07, 6.45) is 3.13. The van der Waals surface area contributed by atoms with Gasteiger partial charge in [-0.1, -0.05) is 51.8 Å². The maximum absolute atomic E-state index is 12.7.